The van der Waals surface area contributed by atoms with Crippen LogP contribution in [0.4, 0.5) is 0 Å². The van der Waals surface area contributed by atoms with Gasteiger partial charge in [-0.25, -0.2) is 9.79 Å². The second-order valence-electron chi connectivity index (χ2n) is 2.92. The van der Waals surface area contributed by atoms with E-state index in [-0.39, 0.29) is 0 Å². The van der Waals surface area contributed by atoms with Gasteiger partial charge in [0.15, 0.2) is 0 Å². The second kappa shape index (κ2) is 6.68. The van der Waals surface area contributed by atoms with E-state index < -0.39 is 0 Å². The zero-order valence-corrected chi connectivity index (χ0v) is 7.98. The molecule has 2 fully saturated rings. The maximum Gasteiger partial charge on any atom is 0.234 e. The smallest absolute Gasteiger partial charge is 0.234 e. The van der Waals surface area contributed by atoms with Crippen molar-refractivity contribution >= 4 is 6.08 Å². The van der Waals surface area contributed by atoms with Crippen molar-refractivity contribution in [3.63, 3.8) is 0 Å². The van der Waals surface area contributed by atoms with Crippen molar-refractivity contribution in [2.75, 3.05) is 33.0 Å². The topological polar surface area (TPSA) is 63.7 Å². The molecule has 2 unspecified atom stereocenters. The highest BCUT2D eigenvalue weighted by molar-refractivity contribution is 5.32. The average Bonchev–Trinajstić information content (AvgIpc) is 3.01. The van der Waals surface area contributed by atoms with Crippen molar-refractivity contribution in [1.82, 2.24) is 0 Å². The van der Waals surface area contributed by atoms with Crippen LogP contribution >= 0.6 is 0 Å². The third-order valence-electron chi connectivity index (χ3n) is 1.59. The summed E-state index contributed by atoms with van der Waals surface area (Å²) in [5.41, 5.74) is 0. The molecular formula is C9H14NO4. The molecule has 0 N–H and O–H groups in total. The first-order valence-electron chi connectivity index (χ1n) is 4.50. The lowest BCUT2D eigenvalue weighted by atomic mass is 10.5. The molecule has 0 aliphatic carbocycles. The summed E-state index contributed by atoms with van der Waals surface area (Å²) < 4.78 is 15.1. The van der Waals surface area contributed by atoms with Crippen molar-refractivity contribution in [3.8, 4) is 0 Å². The van der Waals surface area contributed by atoms with Crippen molar-refractivity contribution in [2.45, 2.75) is 12.2 Å². The lowest BCUT2D eigenvalue weighted by molar-refractivity contribution is 0.102. The fraction of sp³-hybridized carbons (Fsp3) is 0.778. The Morgan fingerprint density at radius 2 is 1.86 bits per heavy atom. The fourth-order valence-corrected chi connectivity index (χ4v) is 0.705. The van der Waals surface area contributed by atoms with Gasteiger partial charge in [-0.3, -0.25) is 0 Å². The molecule has 2 aliphatic heterocycles. The number of carbonyl (C=O) groups excluding carboxylic acids is 1. The van der Waals surface area contributed by atoms with Gasteiger partial charge in [-0.15, -0.1) is 0 Å². The van der Waals surface area contributed by atoms with Crippen LogP contribution in [0.3, 0.4) is 0 Å². The molecule has 0 aromatic carbocycles. The Bertz CT molecular complexity index is 183. The highest BCUT2D eigenvalue weighted by Gasteiger charge is 2.26. The van der Waals surface area contributed by atoms with Crippen LogP contribution in [0.5, 0.6) is 0 Å². The quantitative estimate of drug-likeness (QED) is 0.355. The standard InChI is InChI=1S/C6H10O3.C3H4NO/c1(5-3-8-5)7-2-6-4-9-6;1-2-4-3-5/h5-6H,1-4H2;1-2H2. The third-order valence-corrected chi connectivity index (χ3v) is 1.59. The summed E-state index contributed by atoms with van der Waals surface area (Å²) in [5, 5.41) is 0. The van der Waals surface area contributed by atoms with Crippen molar-refractivity contribution in [2.24, 2.45) is 4.99 Å². The Morgan fingerprint density at radius 1 is 1.36 bits per heavy atom. The molecule has 0 spiro atoms. The van der Waals surface area contributed by atoms with Crippen molar-refractivity contribution in [1.29, 1.82) is 0 Å². The van der Waals surface area contributed by atoms with E-state index in [1.54, 1.807) is 0 Å². The summed E-state index contributed by atoms with van der Waals surface area (Å²) in [6.45, 7) is 6.80. The highest BCUT2D eigenvalue weighted by atomic mass is 16.6. The Hall–Kier alpha value is -0.740. The Morgan fingerprint density at radius 3 is 2.07 bits per heavy atom. The van der Waals surface area contributed by atoms with Gasteiger partial charge in [0.1, 0.15) is 12.2 Å². The molecule has 5 nitrogen and oxygen atoms in total. The molecule has 0 saturated carbocycles. The van der Waals surface area contributed by atoms with Crippen molar-refractivity contribution in [3.05, 3.63) is 6.92 Å². The van der Waals surface area contributed by atoms with Crippen LogP contribution in [0.25, 0.3) is 0 Å². The van der Waals surface area contributed by atoms with Crippen molar-refractivity contribution < 1.29 is 19.0 Å². The van der Waals surface area contributed by atoms with E-state index in [9.17, 15) is 0 Å². The maximum atomic E-state index is 9.07. The molecule has 14 heavy (non-hydrogen) atoms. The molecule has 2 atom stereocenters. The van der Waals surface area contributed by atoms with E-state index >= 15 is 0 Å². The lowest BCUT2D eigenvalue weighted by Crippen LogP contribution is -2.06. The molecule has 2 rings (SSSR count). The average molecular weight is 200 g/mol. The highest BCUT2D eigenvalue weighted by Crippen LogP contribution is 2.12. The molecule has 5 heteroatoms. The van der Waals surface area contributed by atoms with Crippen LogP contribution in [0.1, 0.15) is 0 Å². The van der Waals surface area contributed by atoms with Gasteiger partial charge >= 0.3 is 0 Å². The number of aliphatic imine (C=N–C) groups is 1. The zero-order valence-electron chi connectivity index (χ0n) is 7.98. The summed E-state index contributed by atoms with van der Waals surface area (Å²) in [6.07, 6.45) is 2.11. The number of nitrogens with zero attached hydrogens (tertiary/aromatic N) is 1. The van der Waals surface area contributed by atoms with Gasteiger partial charge in [-0.05, 0) is 6.92 Å². The van der Waals surface area contributed by atoms with E-state index in [1.165, 1.54) is 6.08 Å². The molecular weight excluding hydrogens is 186 g/mol. The molecule has 1 radical (unpaired) electrons. The van der Waals surface area contributed by atoms with Gasteiger partial charge in [0.2, 0.25) is 6.08 Å². The van der Waals surface area contributed by atoms with Gasteiger partial charge in [0.25, 0.3) is 0 Å². The van der Waals surface area contributed by atoms with E-state index in [0.717, 1.165) is 26.4 Å². The minimum atomic E-state index is 0.295. The maximum absolute atomic E-state index is 9.07. The molecule has 2 aliphatic rings. The van der Waals surface area contributed by atoms with Crippen LogP contribution in [0, 0.1) is 6.92 Å². The first-order chi connectivity index (χ1) is 6.86. The predicted octanol–water partition coefficient (Wildman–Crippen LogP) is -0.0431. The van der Waals surface area contributed by atoms with Crippen LogP contribution in [0.15, 0.2) is 4.99 Å². The summed E-state index contributed by atoms with van der Waals surface area (Å²) in [4.78, 5) is 12.1. The van der Waals surface area contributed by atoms with Crippen LogP contribution in [-0.2, 0) is 19.0 Å². The monoisotopic (exact) mass is 200 g/mol. The zero-order chi connectivity index (χ0) is 10.2. The number of epoxide rings is 2. The minimum absolute atomic E-state index is 0.295. The first kappa shape index (κ1) is 11.3. The number of hydrogen-bond donors (Lipinski definition) is 0. The fourth-order valence-electron chi connectivity index (χ4n) is 0.705. The summed E-state index contributed by atoms with van der Waals surface area (Å²) in [6, 6.07) is 0. The van der Waals surface area contributed by atoms with E-state index in [1.807, 2.05) is 0 Å². The first-order valence-corrected chi connectivity index (χ1v) is 4.50. The molecule has 2 heterocycles. The van der Waals surface area contributed by atoms with E-state index in [0.29, 0.717) is 18.8 Å². The number of isocyanates is 1. The Kier molecular flexibility index (Phi) is 5.40. The number of hydrogen-bond acceptors (Lipinski definition) is 5. The van der Waals surface area contributed by atoms with Gasteiger partial charge in [0, 0.05) is 0 Å². The largest absolute Gasteiger partial charge is 0.376 e. The SMILES string of the molecule is C(OCC1CO1)C1CO1.[CH2]CN=C=O. The minimum Gasteiger partial charge on any atom is -0.376 e. The lowest BCUT2D eigenvalue weighted by Gasteiger charge is -1.95. The predicted molar refractivity (Wildman–Crippen MR) is 48.6 cm³/mol. The van der Waals surface area contributed by atoms with Gasteiger partial charge in [-0.1, -0.05) is 0 Å². The molecule has 0 aromatic heterocycles. The summed E-state index contributed by atoms with van der Waals surface area (Å²) >= 11 is 0. The molecule has 0 amide bonds. The second-order valence-corrected chi connectivity index (χ2v) is 2.92. The van der Waals surface area contributed by atoms with E-state index in [2.05, 4.69) is 11.9 Å². The number of ether oxygens (including phenoxy) is 3. The normalized spacial score (nSPS) is 26.9. The van der Waals surface area contributed by atoms with Crippen LogP contribution in [0.2, 0.25) is 0 Å². The molecule has 2 saturated heterocycles. The summed E-state index contributed by atoms with van der Waals surface area (Å²) in [7, 11) is 0. The van der Waals surface area contributed by atoms with E-state index in [4.69, 9.17) is 19.0 Å². The molecule has 79 valence electrons. The third kappa shape index (κ3) is 6.74. The number of rotatable bonds is 5. The van der Waals surface area contributed by atoms with Gasteiger partial charge < -0.3 is 14.2 Å². The summed E-state index contributed by atoms with van der Waals surface area (Å²) in [5.74, 6) is 0. The van der Waals surface area contributed by atoms with Crippen LogP contribution < -0.4 is 0 Å². The van der Waals surface area contributed by atoms with Gasteiger partial charge in [-0.2, -0.15) is 0 Å². The Labute approximate surface area is 83.1 Å². The van der Waals surface area contributed by atoms with Crippen LogP contribution in [-0.4, -0.2) is 51.3 Å². The molecule has 0 aromatic rings. The Balaban J connectivity index is 0.000000171. The molecule has 0 bridgehead atoms. The van der Waals surface area contributed by atoms with Gasteiger partial charge in [0.05, 0.1) is 33.0 Å².